The van der Waals surface area contributed by atoms with Crippen LogP contribution in [0.3, 0.4) is 0 Å². The van der Waals surface area contributed by atoms with Gasteiger partial charge in [0.1, 0.15) is 0 Å². The summed E-state index contributed by atoms with van der Waals surface area (Å²) in [5.41, 5.74) is 1.11. The summed E-state index contributed by atoms with van der Waals surface area (Å²) in [6, 6.07) is 3.18. The first kappa shape index (κ1) is 13.4. The van der Waals surface area contributed by atoms with Gasteiger partial charge in [-0.05, 0) is 31.7 Å². The van der Waals surface area contributed by atoms with E-state index in [9.17, 15) is 4.79 Å². The lowest BCUT2D eigenvalue weighted by atomic mass is 10.0. The zero-order chi connectivity index (χ0) is 13.9. The predicted molar refractivity (Wildman–Crippen MR) is 72.2 cm³/mol. The number of aromatic carboxylic acids is 1. The first-order valence-electron chi connectivity index (χ1n) is 7.18. The molecule has 1 unspecified atom stereocenters. The molecule has 5 nitrogen and oxygen atoms in total. The number of aromatic nitrogens is 1. The summed E-state index contributed by atoms with van der Waals surface area (Å²) in [6.45, 7) is 2.09. The average Bonchev–Trinajstić information content (AvgIpc) is 3.30. The van der Waals surface area contributed by atoms with Crippen LogP contribution in [-0.2, 0) is 4.74 Å². The Morgan fingerprint density at radius 1 is 1.40 bits per heavy atom. The van der Waals surface area contributed by atoms with Crippen LogP contribution in [0.2, 0.25) is 0 Å². The Morgan fingerprint density at radius 2 is 2.25 bits per heavy atom. The molecule has 1 N–H and O–H groups in total. The van der Waals surface area contributed by atoms with E-state index in [1.807, 2.05) is 0 Å². The molecule has 0 spiro atoms. The van der Waals surface area contributed by atoms with Crippen LogP contribution in [0.5, 0.6) is 5.88 Å². The van der Waals surface area contributed by atoms with Gasteiger partial charge in [0.15, 0.2) is 0 Å². The predicted octanol–water partition coefficient (Wildman–Crippen LogP) is 2.46. The zero-order valence-electron chi connectivity index (χ0n) is 11.4. The van der Waals surface area contributed by atoms with E-state index in [0.29, 0.717) is 30.9 Å². The number of carbonyl (C=O) groups is 1. The maximum Gasteiger partial charge on any atom is 0.335 e. The molecule has 0 radical (unpaired) electrons. The van der Waals surface area contributed by atoms with Crippen molar-refractivity contribution in [3.05, 3.63) is 23.4 Å². The Labute approximate surface area is 117 Å². The molecule has 3 rings (SSSR count). The molecule has 1 aliphatic heterocycles. The Bertz CT molecular complexity index is 493. The molecular formula is C15H19NO4. The topological polar surface area (TPSA) is 68.7 Å². The minimum atomic E-state index is -0.930. The number of rotatable bonds is 5. The van der Waals surface area contributed by atoms with E-state index in [4.69, 9.17) is 14.6 Å². The van der Waals surface area contributed by atoms with Crippen LogP contribution in [-0.4, -0.2) is 35.9 Å². The van der Waals surface area contributed by atoms with Gasteiger partial charge in [0.2, 0.25) is 5.88 Å². The van der Waals surface area contributed by atoms with E-state index in [2.05, 4.69) is 4.98 Å². The van der Waals surface area contributed by atoms with Gasteiger partial charge in [-0.25, -0.2) is 9.78 Å². The van der Waals surface area contributed by atoms with Crippen LogP contribution in [0.1, 0.15) is 47.7 Å². The number of nitrogens with zero attached hydrogens (tertiary/aromatic N) is 1. The van der Waals surface area contributed by atoms with Crippen molar-refractivity contribution in [1.29, 1.82) is 0 Å². The molecule has 0 amide bonds. The first-order valence-corrected chi connectivity index (χ1v) is 7.18. The average molecular weight is 277 g/mol. The number of hydrogen-bond donors (Lipinski definition) is 1. The normalized spacial score (nSPS) is 22.5. The van der Waals surface area contributed by atoms with Crippen molar-refractivity contribution in [2.75, 3.05) is 19.8 Å². The molecule has 20 heavy (non-hydrogen) atoms. The maximum atomic E-state index is 11.2. The number of ether oxygens (including phenoxy) is 2. The van der Waals surface area contributed by atoms with Crippen molar-refractivity contribution in [1.82, 2.24) is 4.98 Å². The second-order valence-corrected chi connectivity index (χ2v) is 5.59. The fourth-order valence-corrected chi connectivity index (χ4v) is 2.45. The lowest BCUT2D eigenvalue weighted by Gasteiger charge is -2.22. The van der Waals surface area contributed by atoms with E-state index < -0.39 is 5.97 Å². The largest absolute Gasteiger partial charge is 0.478 e. The summed E-state index contributed by atoms with van der Waals surface area (Å²) >= 11 is 0. The van der Waals surface area contributed by atoms with Gasteiger partial charge in [-0.15, -0.1) is 0 Å². The fraction of sp³-hybridized carbons (Fsp3) is 0.600. The summed E-state index contributed by atoms with van der Waals surface area (Å²) in [5, 5.41) is 9.15. The molecule has 1 saturated carbocycles. The quantitative estimate of drug-likeness (QED) is 0.895. The zero-order valence-corrected chi connectivity index (χ0v) is 11.4. The van der Waals surface area contributed by atoms with Crippen LogP contribution in [0.4, 0.5) is 0 Å². The lowest BCUT2D eigenvalue weighted by Crippen LogP contribution is -2.23. The van der Waals surface area contributed by atoms with Gasteiger partial charge < -0.3 is 14.6 Å². The first-order chi connectivity index (χ1) is 9.72. The maximum absolute atomic E-state index is 11.2. The Kier molecular flexibility index (Phi) is 3.87. The second-order valence-electron chi connectivity index (χ2n) is 5.59. The number of pyridine rings is 1. The Hall–Kier alpha value is -1.62. The van der Waals surface area contributed by atoms with E-state index in [0.717, 1.165) is 38.0 Å². The molecule has 1 saturated heterocycles. The number of carboxylic acid groups (broad SMARTS) is 1. The third kappa shape index (κ3) is 3.28. The minimum Gasteiger partial charge on any atom is -0.478 e. The second kappa shape index (κ2) is 5.79. The highest BCUT2D eigenvalue weighted by Crippen LogP contribution is 2.40. The van der Waals surface area contributed by atoms with Gasteiger partial charge in [0.05, 0.1) is 18.8 Å². The van der Waals surface area contributed by atoms with Crippen molar-refractivity contribution in [3.8, 4) is 5.88 Å². The summed E-state index contributed by atoms with van der Waals surface area (Å²) in [6.07, 6.45) is 4.33. The van der Waals surface area contributed by atoms with Crippen LogP contribution in [0.15, 0.2) is 12.1 Å². The summed E-state index contributed by atoms with van der Waals surface area (Å²) in [4.78, 5) is 15.6. The van der Waals surface area contributed by atoms with Crippen LogP contribution < -0.4 is 4.74 Å². The van der Waals surface area contributed by atoms with Gasteiger partial charge in [-0.3, -0.25) is 0 Å². The van der Waals surface area contributed by atoms with E-state index in [1.165, 1.54) is 6.07 Å². The molecule has 1 atom stereocenters. The van der Waals surface area contributed by atoms with E-state index in [1.54, 1.807) is 6.07 Å². The molecule has 2 aliphatic rings. The smallest absolute Gasteiger partial charge is 0.335 e. The highest BCUT2D eigenvalue weighted by atomic mass is 16.5. The molecule has 108 valence electrons. The molecule has 1 aromatic rings. The van der Waals surface area contributed by atoms with Gasteiger partial charge in [0.25, 0.3) is 0 Å². The summed E-state index contributed by atoms with van der Waals surface area (Å²) in [7, 11) is 0. The molecule has 2 fully saturated rings. The van der Waals surface area contributed by atoms with Crippen molar-refractivity contribution in [3.63, 3.8) is 0 Å². The van der Waals surface area contributed by atoms with Gasteiger partial charge >= 0.3 is 5.97 Å². The molecule has 1 aromatic heterocycles. The van der Waals surface area contributed by atoms with Crippen LogP contribution >= 0.6 is 0 Å². The molecule has 0 aromatic carbocycles. The van der Waals surface area contributed by atoms with Gasteiger partial charge in [-0.1, -0.05) is 0 Å². The number of hydrogen-bond acceptors (Lipinski definition) is 4. The lowest BCUT2D eigenvalue weighted by molar-refractivity contribution is 0.0343. The highest BCUT2D eigenvalue weighted by molar-refractivity contribution is 5.88. The Balaban J connectivity index is 1.69. The minimum absolute atomic E-state index is 0.261. The molecule has 1 aliphatic carbocycles. The molecule has 2 heterocycles. The van der Waals surface area contributed by atoms with E-state index in [-0.39, 0.29) is 5.56 Å². The van der Waals surface area contributed by atoms with Gasteiger partial charge in [-0.2, -0.15) is 0 Å². The van der Waals surface area contributed by atoms with Crippen molar-refractivity contribution in [2.24, 2.45) is 5.92 Å². The highest BCUT2D eigenvalue weighted by Gasteiger charge is 2.27. The molecule has 0 bridgehead atoms. The third-order valence-electron chi connectivity index (χ3n) is 3.79. The Morgan fingerprint density at radius 3 is 2.90 bits per heavy atom. The monoisotopic (exact) mass is 277 g/mol. The van der Waals surface area contributed by atoms with Crippen LogP contribution in [0, 0.1) is 5.92 Å². The standard InChI is InChI=1S/C15H19NO4/c17-15(18)12-6-13(11-3-4-11)16-14(7-12)20-9-10-2-1-5-19-8-10/h6-7,10-11H,1-5,8-9H2,(H,17,18). The molecular weight excluding hydrogens is 258 g/mol. The fourth-order valence-electron chi connectivity index (χ4n) is 2.45. The van der Waals surface area contributed by atoms with Crippen LogP contribution in [0.25, 0.3) is 0 Å². The summed E-state index contributed by atoms with van der Waals surface area (Å²) < 4.78 is 11.1. The summed E-state index contributed by atoms with van der Waals surface area (Å²) in [5.74, 6) is 0.288. The van der Waals surface area contributed by atoms with E-state index >= 15 is 0 Å². The van der Waals surface area contributed by atoms with Crippen molar-refractivity contribution >= 4 is 5.97 Å². The van der Waals surface area contributed by atoms with Gasteiger partial charge in [0, 0.05) is 30.2 Å². The van der Waals surface area contributed by atoms with Crippen molar-refractivity contribution in [2.45, 2.75) is 31.6 Å². The third-order valence-corrected chi connectivity index (χ3v) is 3.79. The SMILES string of the molecule is O=C(O)c1cc(OCC2CCCOC2)nc(C2CC2)c1. The van der Waals surface area contributed by atoms with Crippen molar-refractivity contribution < 1.29 is 19.4 Å². The number of carboxylic acids is 1. The molecule has 5 heteroatoms.